The summed E-state index contributed by atoms with van der Waals surface area (Å²) < 4.78 is 39.8. The molecule has 1 aliphatic heterocycles. The molecule has 3 heterocycles. The van der Waals surface area contributed by atoms with E-state index in [1.807, 2.05) is 0 Å². The van der Waals surface area contributed by atoms with Gasteiger partial charge < -0.3 is 14.2 Å². The van der Waals surface area contributed by atoms with Gasteiger partial charge in [-0.3, -0.25) is 9.36 Å². The average molecular weight is 594 g/mol. The number of aromatic nitrogens is 4. The van der Waals surface area contributed by atoms with E-state index in [1.54, 1.807) is 35.2 Å². The van der Waals surface area contributed by atoms with Crippen LogP contribution < -0.4 is 10.4 Å². The van der Waals surface area contributed by atoms with Crippen molar-refractivity contribution in [2.45, 2.75) is 29.8 Å². The summed E-state index contributed by atoms with van der Waals surface area (Å²) >= 11 is 6.35. The SMILES string of the molecule is COc1ccc(S(=O)(=O)n2c(=O)n(C(C(=O)N3CCC[C@H]3c3ncon3)c3ccccc3)c3cc(Cl)ccc32)cc1. The molecule has 3 aromatic carbocycles. The number of rotatable bonds is 7. The molecule has 5 aromatic rings. The van der Waals surface area contributed by atoms with Crippen molar-refractivity contribution in [3.8, 4) is 5.75 Å². The third-order valence-corrected chi connectivity index (χ3v) is 9.15. The van der Waals surface area contributed by atoms with E-state index < -0.39 is 33.7 Å². The van der Waals surface area contributed by atoms with E-state index in [0.29, 0.717) is 40.5 Å². The van der Waals surface area contributed by atoms with Crippen LogP contribution in [0.15, 0.2) is 93.4 Å². The van der Waals surface area contributed by atoms with Crippen LogP contribution in [-0.4, -0.2) is 51.6 Å². The molecule has 6 rings (SSSR count). The summed E-state index contributed by atoms with van der Waals surface area (Å²) in [5.41, 5.74) is -0.132. The third kappa shape index (κ3) is 4.58. The van der Waals surface area contributed by atoms with E-state index in [1.165, 1.54) is 60.5 Å². The van der Waals surface area contributed by atoms with Gasteiger partial charge in [0, 0.05) is 11.6 Å². The number of ether oxygens (including phenoxy) is 1. The smallest absolute Gasteiger partial charge is 0.344 e. The Hall–Kier alpha value is -4.42. The van der Waals surface area contributed by atoms with Gasteiger partial charge >= 0.3 is 5.69 Å². The lowest BCUT2D eigenvalue weighted by Crippen LogP contribution is -2.41. The van der Waals surface area contributed by atoms with Crippen LogP contribution in [0.1, 0.15) is 36.3 Å². The van der Waals surface area contributed by atoms with Gasteiger partial charge in [-0.15, -0.1) is 0 Å². The Morgan fingerprint density at radius 2 is 1.83 bits per heavy atom. The lowest BCUT2D eigenvalue weighted by atomic mass is 10.0. The van der Waals surface area contributed by atoms with Crippen molar-refractivity contribution in [1.82, 2.24) is 23.6 Å². The van der Waals surface area contributed by atoms with E-state index >= 15 is 0 Å². The minimum Gasteiger partial charge on any atom is -0.497 e. The molecule has 1 saturated heterocycles. The highest BCUT2D eigenvalue weighted by molar-refractivity contribution is 7.90. The predicted octanol–water partition coefficient (Wildman–Crippen LogP) is 4.04. The molecule has 0 saturated carbocycles. The highest BCUT2D eigenvalue weighted by atomic mass is 35.5. The largest absolute Gasteiger partial charge is 0.497 e. The van der Waals surface area contributed by atoms with E-state index in [2.05, 4.69) is 10.1 Å². The summed E-state index contributed by atoms with van der Waals surface area (Å²) in [6.07, 6.45) is 2.51. The fourth-order valence-corrected chi connectivity index (χ4v) is 6.88. The second kappa shape index (κ2) is 10.5. The molecule has 41 heavy (non-hydrogen) atoms. The van der Waals surface area contributed by atoms with Gasteiger partial charge in [-0.05, 0) is 60.9 Å². The number of halogens is 1. The monoisotopic (exact) mass is 593 g/mol. The summed E-state index contributed by atoms with van der Waals surface area (Å²) in [4.78, 5) is 34.3. The summed E-state index contributed by atoms with van der Waals surface area (Å²) in [6.45, 7) is 0.402. The Kier molecular flexibility index (Phi) is 6.88. The number of hydrogen-bond donors (Lipinski definition) is 0. The maximum atomic E-state index is 14.4. The Morgan fingerprint density at radius 1 is 1.07 bits per heavy atom. The minimum atomic E-state index is -4.39. The van der Waals surface area contributed by atoms with Crippen LogP contribution >= 0.6 is 11.6 Å². The first-order valence-electron chi connectivity index (χ1n) is 12.7. The number of hydrogen-bond acceptors (Lipinski definition) is 8. The van der Waals surface area contributed by atoms with E-state index in [4.69, 9.17) is 20.9 Å². The Bertz CT molecular complexity index is 1890. The Morgan fingerprint density at radius 3 is 2.51 bits per heavy atom. The van der Waals surface area contributed by atoms with Crippen LogP contribution in [-0.2, 0) is 14.8 Å². The lowest BCUT2D eigenvalue weighted by molar-refractivity contribution is -0.134. The first-order valence-corrected chi connectivity index (χ1v) is 14.6. The van der Waals surface area contributed by atoms with E-state index in [-0.39, 0.29) is 21.0 Å². The topological polar surface area (TPSA) is 130 Å². The van der Waals surface area contributed by atoms with Crippen molar-refractivity contribution in [2.75, 3.05) is 13.7 Å². The molecule has 2 atom stereocenters. The van der Waals surface area contributed by atoms with Gasteiger partial charge in [0.05, 0.1) is 29.1 Å². The maximum Gasteiger partial charge on any atom is 0.344 e. The minimum absolute atomic E-state index is 0.0834. The average Bonchev–Trinajstić information content (AvgIpc) is 3.74. The van der Waals surface area contributed by atoms with Crippen LogP contribution in [0, 0.1) is 0 Å². The number of imidazole rings is 1. The molecule has 1 fully saturated rings. The summed E-state index contributed by atoms with van der Waals surface area (Å²) in [6, 6.07) is 17.2. The van der Waals surface area contributed by atoms with E-state index in [9.17, 15) is 18.0 Å². The van der Waals surface area contributed by atoms with Crippen molar-refractivity contribution in [3.05, 3.63) is 106 Å². The fourth-order valence-electron chi connectivity index (χ4n) is 5.32. The van der Waals surface area contributed by atoms with Crippen molar-refractivity contribution in [1.29, 1.82) is 0 Å². The van der Waals surface area contributed by atoms with Gasteiger partial charge in [0.2, 0.25) is 6.39 Å². The second-order valence-corrected chi connectivity index (χ2v) is 11.7. The van der Waals surface area contributed by atoms with Gasteiger partial charge in [-0.25, -0.2) is 13.2 Å². The second-order valence-electron chi connectivity index (χ2n) is 9.52. The summed E-state index contributed by atoms with van der Waals surface area (Å²) in [5, 5.41) is 4.21. The van der Waals surface area contributed by atoms with Crippen LogP contribution in [0.3, 0.4) is 0 Å². The van der Waals surface area contributed by atoms with Crippen molar-refractivity contribution in [2.24, 2.45) is 0 Å². The van der Waals surface area contributed by atoms with Crippen LogP contribution in [0.25, 0.3) is 11.0 Å². The van der Waals surface area contributed by atoms with Crippen molar-refractivity contribution < 1.29 is 22.5 Å². The summed E-state index contributed by atoms with van der Waals surface area (Å²) in [7, 11) is -2.92. The molecule has 0 bridgehead atoms. The highest BCUT2D eigenvalue weighted by Gasteiger charge is 2.40. The van der Waals surface area contributed by atoms with Crippen LogP contribution in [0.5, 0.6) is 5.75 Å². The van der Waals surface area contributed by atoms with Gasteiger partial charge in [-0.2, -0.15) is 8.96 Å². The quantitative estimate of drug-likeness (QED) is 0.276. The van der Waals surface area contributed by atoms with Gasteiger partial charge in [0.15, 0.2) is 5.82 Å². The van der Waals surface area contributed by atoms with Crippen LogP contribution in [0.4, 0.5) is 0 Å². The first kappa shape index (κ1) is 26.8. The molecule has 210 valence electrons. The molecule has 0 N–H and O–H groups in total. The lowest BCUT2D eigenvalue weighted by Gasteiger charge is -2.28. The fraction of sp³-hybridized carbons (Fsp3) is 0.214. The molecular formula is C28H24ClN5O6S. The number of benzene rings is 3. The van der Waals surface area contributed by atoms with Gasteiger partial charge in [-0.1, -0.05) is 47.1 Å². The number of amides is 1. The number of likely N-dealkylation sites (tertiary alicyclic amines) is 1. The van der Waals surface area contributed by atoms with Gasteiger partial charge in [0.1, 0.15) is 11.8 Å². The highest BCUT2D eigenvalue weighted by Crippen LogP contribution is 2.35. The zero-order valence-corrected chi connectivity index (χ0v) is 23.3. The van der Waals surface area contributed by atoms with E-state index in [0.717, 1.165) is 0 Å². The number of methoxy groups -OCH3 is 1. The molecular weight excluding hydrogens is 570 g/mol. The number of carbonyl (C=O) groups is 1. The first-order chi connectivity index (χ1) is 19.8. The Balaban J connectivity index is 1.58. The van der Waals surface area contributed by atoms with Gasteiger partial charge in [0.25, 0.3) is 15.9 Å². The van der Waals surface area contributed by atoms with Crippen LogP contribution in [0.2, 0.25) is 5.02 Å². The molecule has 13 heteroatoms. The molecule has 11 nitrogen and oxygen atoms in total. The summed E-state index contributed by atoms with van der Waals surface area (Å²) in [5.74, 6) is 0.413. The molecule has 1 unspecified atom stereocenters. The zero-order valence-electron chi connectivity index (χ0n) is 21.8. The van der Waals surface area contributed by atoms with Crippen molar-refractivity contribution >= 4 is 38.6 Å². The predicted molar refractivity (Wildman–Crippen MR) is 149 cm³/mol. The Labute approximate surface area is 239 Å². The molecule has 0 aliphatic carbocycles. The molecule has 0 spiro atoms. The number of carbonyl (C=O) groups excluding carboxylic acids is 1. The number of nitrogens with zero attached hydrogens (tertiary/aromatic N) is 5. The maximum absolute atomic E-state index is 14.4. The molecule has 1 aliphatic rings. The third-order valence-electron chi connectivity index (χ3n) is 7.21. The van der Waals surface area contributed by atoms with Crippen molar-refractivity contribution in [3.63, 3.8) is 0 Å². The normalized spacial score (nSPS) is 16.2. The standard InChI is InChI=1S/C28H24ClN5O6S/c1-39-20-10-12-21(13-11-20)41(37,38)34-22-14-9-19(29)16-24(22)33(28(34)36)25(18-6-3-2-4-7-18)27(35)32-15-5-8-23(32)26-30-17-40-31-26/h2-4,6-7,9-14,16-17,23,25H,5,8,15H2,1H3/t23-,25?/m0/s1. The molecule has 2 aromatic heterocycles. The zero-order chi connectivity index (χ0) is 28.7. The molecule has 0 radical (unpaired) electrons. The molecule has 1 amide bonds. The number of fused-ring (bicyclic) bond motifs is 1.